The van der Waals surface area contributed by atoms with Crippen LogP contribution in [0.15, 0.2) is 36.4 Å². The Kier molecular flexibility index (Phi) is 11.6. The monoisotopic (exact) mass is 617 g/mol. The molecular weight excluding hydrogens is 577 g/mol. The van der Waals surface area contributed by atoms with Crippen molar-refractivity contribution in [3.8, 4) is 11.4 Å². The predicted octanol–water partition coefficient (Wildman–Crippen LogP) is 1.56. The third-order valence-corrected chi connectivity index (χ3v) is 8.57. The summed E-state index contributed by atoms with van der Waals surface area (Å²) in [6.07, 6.45) is -0.408. The fourth-order valence-corrected chi connectivity index (χ4v) is 5.80. The number of hydrogen-bond donors (Lipinski definition) is 3. The maximum atomic E-state index is 13.6. The molecule has 2 amide bonds. The van der Waals surface area contributed by atoms with Crippen molar-refractivity contribution in [2.75, 3.05) is 77.1 Å². The average Bonchev–Trinajstić information content (AvgIpc) is 3.01. The topological polar surface area (TPSA) is 167 Å². The van der Waals surface area contributed by atoms with Gasteiger partial charge in [-0.25, -0.2) is 19.6 Å². The van der Waals surface area contributed by atoms with Crippen LogP contribution in [0, 0.1) is 0 Å². The van der Waals surface area contributed by atoms with Gasteiger partial charge < -0.3 is 39.5 Å². The summed E-state index contributed by atoms with van der Waals surface area (Å²) in [5, 5.41) is 5.57. The van der Waals surface area contributed by atoms with Crippen molar-refractivity contribution in [3.05, 3.63) is 42.1 Å². The molecule has 2 unspecified atom stereocenters. The molecule has 2 saturated heterocycles. The van der Waals surface area contributed by atoms with Crippen LogP contribution >= 0.6 is 7.60 Å². The van der Waals surface area contributed by atoms with Crippen LogP contribution in [0.2, 0.25) is 0 Å². The van der Waals surface area contributed by atoms with Gasteiger partial charge >= 0.3 is 19.7 Å². The van der Waals surface area contributed by atoms with E-state index in [1.807, 2.05) is 49.2 Å². The number of anilines is 1. The molecule has 0 aliphatic carbocycles. The van der Waals surface area contributed by atoms with Crippen LogP contribution in [0.3, 0.4) is 0 Å². The van der Waals surface area contributed by atoms with Crippen LogP contribution in [0.4, 0.5) is 10.6 Å². The Morgan fingerprint density at radius 3 is 2.44 bits per heavy atom. The number of nitrogens with zero attached hydrogens (tertiary/aromatic N) is 5. The van der Waals surface area contributed by atoms with Crippen molar-refractivity contribution in [1.29, 1.82) is 0 Å². The highest BCUT2D eigenvalue weighted by Gasteiger charge is 2.35. The second-order valence-corrected chi connectivity index (χ2v) is 12.4. The SMILES string of the molecule is CCCCOP(=O)(O)CC(NC(=O)c1cc(N2CCN(C)CC2)nc(-c2ccccc2)n1)C(=O)OC(=O)N1CCNCC1. The third-order valence-electron chi connectivity index (χ3n) is 7.16. The molecule has 234 valence electrons. The lowest BCUT2D eigenvalue weighted by Gasteiger charge is -2.33. The zero-order valence-corrected chi connectivity index (χ0v) is 25.5. The standard InChI is InChI=1S/C28H40N7O7P/c1-3-4-18-41-43(39,40)20-23(27(37)42-28(38)35-12-10-29-11-13-35)31-26(36)22-19-24(34-16-14-33(2)15-17-34)32-25(30-22)21-8-6-5-7-9-21/h5-9,19,23,29H,3-4,10-18,20H2,1-2H3,(H,31,36)(H,39,40). The van der Waals surface area contributed by atoms with Crippen molar-refractivity contribution < 1.29 is 33.1 Å². The first-order chi connectivity index (χ1) is 20.6. The summed E-state index contributed by atoms with van der Waals surface area (Å²) in [5.74, 6) is -1.11. The van der Waals surface area contributed by atoms with E-state index in [-0.39, 0.29) is 12.3 Å². The number of aromatic nitrogens is 2. The molecule has 2 aromatic rings. The van der Waals surface area contributed by atoms with Gasteiger partial charge in [0.15, 0.2) is 5.82 Å². The van der Waals surface area contributed by atoms with E-state index in [0.29, 0.717) is 62.9 Å². The number of unbranched alkanes of at least 4 members (excludes halogenated alkanes) is 1. The fourth-order valence-electron chi connectivity index (χ4n) is 4.58. The van der Waals surface area contributed by atoms with E-state index in [9.17, 15) is 23.8 Å². The number of likely N-dealkylation sites (N-methyl/N-ethyl adjacent to an activating group) is 1. The Labute approximate surface area is 251 Å². The molecule has 2 atom stereocenters. The van der Waals surface area contributed by atoms with Gasteiger partial charge in [-0.1, -0.05) is 43.7 Å². The smallest absolute Gasteiger partial charge is 0.375 e. The minimum Gasteiger partial charge on any atom is -0.375 e. The van der Waals surface area contributed by atoms with Crippen molar-refractivity contribution >= 4 is 31.4 Å². The second kappa shape index (κ2) is 15.3. The van der Waals surface area contributed by atoms with Crippen molar-refractivity contribution in [2.45, 2.75) is 25.8 Å². The molecule has 0 spiro atoms. The Bertz CT molecular complexity index is 1300. The quantitative estimate of drug-likeness (QED) is 0.144. The Hall–Kier alpha value is -3.42. The van der Waals surface area contributed by atoms with Crippen LogP contribution in [0.25, 0.3) is 11.4 Å². The Balaban J connectivity index is 1.59. The van der Waals surface area contributed by atoms with Gasteiger partial charge in [0.25, 0.3) is 5.91 Å². The van der Waals surface area contributed by atoms with Gasteiger partial charge in [-0.05, 0) is 13.5 Å². The Morgan fingerprint density at radius 1 is 1.07 bits per heavy atom. The van der Waals surface area contributed by atoms with Crippen LogP contribution < -0.4 is 15.5 Å². The van der Waals surface area contributed by atoms with Crippen molar-refractivity contribution in [1.82, 2.24) is 30.4 Å². The third kappa shape index (κ3) is 9.54. The molecule has 0 saturated carbocycles. The lowest BCUT2D eigenvalue weighted by molar-refractivity contribution is -0.140. The summed E-state index contributed by atoms with van der Waals surface area (Å²) >= 11 is 0. The summed E-state index contributed by atoms with van der Waals surface area (Å²) < 4.78 is 23.1. The molecule has 43 heavy (non-hydrogen) atoms. The molecule has 15 heteroatoms. The van der Waals surface area contributed by atoms with E-state index in [1.54, 1.807) is 0 Å². The van der Waals surface area contributed by atoms with E-state index < -0.39 is 37.8 Å². The highest BCUT2D eigenvalue weighted by atomic mass is 31.2. The maximum Gasteiger partial charge on any atom is 0.417 e. The van der Waals surface area contributed by atoms with Gasteiger partial charge in [0.2, 0.25) is 0 Å². The largest absolute Gasteiger partial charge is 0.417 e. The number of hydrogen-bond acceptors (Lipinski definition) is 11. The molecule has 2 aliphatic rings. The first-order valence-electron chi connectivity index (χ1n) is 14.5. The van der Waals surface area contributed by atoms with Gasteiger partial charge in [-0.15, -0.1) is 0 Å². The normalized spacial score (nSPS) is 18.0. The van der Waals surface area contributed by atoms with E-state index in [1.165, 1.54) is 11.0 Å². The number of carbonyl (C=O) groups is 3. The van der Waals surface area contributed by atoms with E-state index in [2.05, 4.69) is 20.5 Å². The van der Waals surface area contributed by atoms with Gasteiger partial charge in [0.1, 0.15) is 17.6 Å². The molecule has 3 heterocycles. The number of carbonyl (C=O) groups excluding carboxylic acids is 3. The van der Waals surface area contributed by atoms with E-state index in [0.717, 1.165) is 19.5 Å². The maximum absolute atomic E-state index is 13.6. The molecule has 3 N–H and O–H groups in total. The number of nitrogens with one attached hydrogen (secondary N) is 2. The molecular formula is C28H40N7O7P. The van der Waals surface area contributed by atoms with Gasteiger partial charge in [0, 0.05) is 64.0 Å². The van der Waals surface area contributed by atoms with Crippen LogP contribution in [0.5, 0.6) is 0 Å². The second-order valence-electron chi connectivity index (χ2n) is 10.5. The van der Waals surface area contributed by atoms with Gasteiger partial charge in [0.05, 0.1) is 12.8 Å². The molecule has 2 aliphatic heterocycles. The lowest BCUT2D eigenvalue weighted by atomic mass is 10.2. The molecule has 4 rings (SSSR count). The highest BCUT2D eigenvalue weighted by molar-refractivity contribution is 7.52. The molecule has 0 radical (unpaired) electrons. The van der Waals surface area contributed by atoms with Crippen molar-refractivity contribution in [2.24, 2.45) is 0 Å². The van der Waals surface area contributed by atoms with E-state index in [4.69, 9.17) is 14.2 Å². The Morgan fingerprint density at radius 2 is 1.77 bits per heavy atom. The number of benzene rings is 1. The minimum atomic E-state index is -4.35. The average molecular weight is 618 g/mol. The summed E-state index contributed by atoms with van der Waals surface area (Å²) in [6.45, 7) is 6.64. The molecule has 2 fully saturated rings. The number of ether oxygens (including phenoxy) is 1. The summed E-state index contributed by atoms with van der Waals surface area (Å²) in [4.78, 5) is 64.7. The minimum absolute atomic E-state index is 0.000426. The zero-order chi connectivity index (χ0) is 30.8. The molecule has 14 nitrogen and oxygen atoms in total. The van der Waals surface area contributed by atoms with E-state index >= 15 is 0 Å². The first-order valence-corrected chi connectivity index (χ1v) is 16.3. The van der Waals surface area contributed by atoms with Crippen molar-refractivity contribution in [3.63, 3.8) is 0 Å². The molecule has 0 bridgehead atoms. The van der Waals surface area contributed by atoms with Crippen LogP contribution in [-0.4, -0.2) is 121 Å². The number of rotatable bonds is 11. The lowest BCUT2D eigenvalue weighted by Crippen LogP contribution is -2.50. The predicted molar refractivity (Wildman–Crippen MR) is 160 cm³/mol. The zero-order valence-electron chi connectivity index (χ0n) is 24.6. The van der Waals surface area contributed by atoms with Gasteiger partial charge in [-0.2, -0.15) is 0 Å². The summed E-state index contributed by atoms with van der Waals surface area (Å²) in [5.41, 5.74) is 0.642. The number of piperazine rings is 2. The molecule has 1 aromatic heterocycles. The first kappa shape index (κ1) is 32.5. The summed E-state index contributed by atoms with van der Waals surface area (Å²) in [6, 6.07) is 9.04. The number of amides is 2. The molecule has 1 aromatic carbocycles. The van der Waals surface area contributed by atoms with Gasteiger partial charge in [-0.3, -0.25) is 9.36 Å². The van der Waals surface area contributed by atoms with Crippen LogP contribution in [-0.2, 0) is 18.6 Å². The fraction of sp³-hybridized carbons (Fsp3) is 0.536. The number of esters is 1. The highest BCUT2D eigenvalue weighted by Crippen LogP contribution is 2.42. The van der Waals surface area contributed by atoms with Crippen LogP contribution in [0.1, 0.15) is 30.3 Å². The summed E-state index contributed by atoms with van der Waals surface area (Å²) in [7, 11) is -2.32.